The van der Waals surface area contributed by atoms with Gasteiger partial charge in [0.25, 0.3) is 0 Å². The monoisotopic (exact) mass is 435 g/mol. The SMILES string of the molecule is Cc1ccc(Cl)cc1S(=O)(=O)N1CCN(c2ccc(N3CCCCC3)nn2)CC1. The third-order valence-corrected chi connectivity index (χ3v) is 7.92. The van der Waals surface area contributed by atoms with Gasteiger partial charge in [-0.3, -0.25) is 0 Å². The number of hydrogen-bond acceptors (Lipinski definition) is 6. The van der Waals surface area contributed by atoms with E-state index >= 15 is 0 Å². The largest absolute Gasteiger partial charge is 0.355 e. The van der Waals surface area contributed by atoms with E-state index in [0.717, 1.165) is 24.7 Å². The van der Waals surface area contributed by atoms with Crippen LogP contribution in [0.4, 0.5) is 11.6 Å². The zero-order valence-corrected chi connectivity index (χ0v) is 18.2. The van der Waals surface area contributed by atoms with E-state index in [-0.39, 0.29) is 4.90 Å². The van der Waals surface area contributed by atoms with Crippen LogP contribution in [0.1, 0.15) is 24.8 Å². The average molecular weight is 436 g/mol. The Morgan fingerprint density at radius 2 is 1.41 bits per heavy atom. The summed E-state index contributed by atoms with van der Waals surface area (Å²) in [6.45, 7) is 5.83. The maximum Gasteiger partial charge on any atom is 0.243 e. The zero-order valence-electron chi connectivity index (χ0n) is 16.6. The molecule has 0 spiro atoms. The lowest BCUT2D eigenvalue weighted by Gasteiger charge is -2.35. The molecule has 2 aliphatic rings. The molecule has 156 valence electrons. The Balaban J connectivity index is 1.42. The van der Waals surface area contributed by atoms with Crippen LogP contribution in [-0.2, 0) is 10.0 Å². The molecule has 9 heteroatoms. The van der Waals surface area contributed by atoms with Crippen LogP contribution < -0.4 is 9.80 Å². The Hall–Kier alpha value is -1.90. The fraction of sp³-hybridized carbons (Fsp3) is 0.500. The predicted octanol–water partition coefficient (Wildman–Crippen LogP) is 2.94. The molecule has 2 aromatic rings. The number of piperidine rings is 1. The molecule has 0 radical (unpaired) electrons. The van der Waals surface area contributed by atoms with Crippen LogP contribution in [0.5, 0.6) is 0 Å². The molecular weight excluding hydrogens is 410 g/mol. The molecule has 0 unspecified atom stereocenters. The molecule has 2 saturated heterocycles. The van der Waals surface area contributed by atoms with Crippen LogP contribution in [0.25, 0.3) is 0 Å². The van der Waals surface area contributed by atoms with Crippen molar-refractivity contribution in [3.63, 3.8) is 0 Å². The summed E-state index contributed by atoms with van der Waals surface area (Å²) in [6, 6.07) is 8.99. The number of piperazine rings is 1. The Morgan fingerprint density at radius 3 is 2.00 bits per heavy atom. The molecule has 3 heterocycles. The number of anilines is 2. The summed E-state index contributed by atoms with van der Waals surface area (Å²) in [5, 5.41) is 9.23. The predicted molar refractivity (Wildman–Crippen MR) is 115 cm³/mol. The molecule has 1 aromatic carbocycles. The summed E-state index contributed by atoms with van der Waals surface area (Å²) < 4.78 is 27.6. The molecule has 0 saturated carbocycles. The van der Waals surface area contributed by atoms with Gasteiger partial charge in [-0.25, -0.2) is 8.42 Å². The van der Waals surface area contributed by atoms with E-state index < -0.39 is 10.0 Å². The van der Waals surface area contributed by atoms with Crippen molar-refractivity contribution < 1.29 is 8.42 Å². The van der Waals surface area contributed by atoms with Gasteiger partial charge in [-0.2, -0.15) is 4.31 Å². The van der Waals surface area contributed by atoms with Gasteiger partial charge in [0.1, 0.15) is 0 Å². The fourth-order valence-corrected chi connectivity index (χ4v) is 5.84. The number of hydrogen-bond donors (Lipinski definition) is 0. The van der Waals surface area contributed by atoms with E-state index in [1.54, 1.807) is 19.1 Å². The van der Waals surface area contributed by atoms with E-state index in [2.05, 4.69) is 20.0 Å². The molecular formula is C20H26ClN5O2S. The van der Waals surface area contributed by atoms with Crippen LogP contribution >= 0.6 is 11.6 Å². The van der Waals surface area contributed by atoms with Gasteiger partial charge in [-0.15, -0.1) is 10.2 Å². The van der Waals surface area contributed by atoms with Crippen molar-refractivity contribution >= 4 is 33.3 Å². The van der Waals surface area contributed by atoms with Gasteiger partial charge in [-0.05, 0) is 56.0 Å². The fourth-order valence-electron chi connectivity index (χ4n) is 3.93. The summed E-state index contributed by atoms with van der Waals surface area (Å²) in [6.07, 6.45) is 3.68. The second-order valence-electron chi connectivity index (χ2n) is 7.60. The van der Waals surface area contributed by atoms with Gasteiger partial charge in [0, 0.05) is 44.3 Å². The number of sulfonamides is 1. The average Bonchev–Trinajstić information content (AvgIpc) is 2.76. The summed E-state index contributed by atoms with van der Waals surface area (Å²) in [4.78, 5) is 4.64. The van der Waals surface area contributed by atoms with Crippen molar-refractivity contribution in [2.24, 2.45) is 0 Å². The first kappa shape index (κ1) is 20.4. The molecule has 0 N–H and O–H groups in total. The molecule has 1 aromatic heterocycles. The maximum atomic E-state index is 13.0. The molecule has 2 aliphatic heterocycles. The minimum absolute atomic E-state index is 0.282. The lowest BCUT2D eigenvalue weighted by molar-refractivity contribution is 0.383. The van der Waals surface area contributed by atoms with Crippen LogP contribution in [0.2, 0.25) is 5.02 Å². The van der Waals surface area contributed by atoms with Crippen molar-refractivity contribution in [1.82, 2.24) is 14.5 Å². The Bertz CT molecular complexity index is 953. The number of aromatic nitrogens is 2. The number of aryl methyl sites for hydroxylation is 1. The van der Waals surface area contributed by atoms with Crippen LogP contribution in [0.3, 0.4) is 0 Å². The molecule has 0 bridgehead atoms. The van der Waals surface area contributed by atoms with Crippen LogP contribution in [0, 0.1) is 6.92 Å². The van der Waals surface area contributed by atoms with Crippen LogP contribution in [-0.4, -0.2) is 62.2 Å². The zero-order chi connectivity index (χ0) is 20.4. The van der Waals surface area contributed by atoms with Crippen molar-refractivity contribution in [1.29, 1.82) is 0 Å². The topological polar surface area (TPSA) is 69.6 Å². The third-order valence-electron chi connectivity index (χ3n) is 5.65. The van der Waals surface area contributed by atoms with Gasteiger partial charge in [-0.1, -0.05) is 17.7 Å². The van der Waals surface area contributed by atoms with Gasteiger partial charge in [0.05, 0.1) is 4.90 Å². The maximum absolute atomic E-state index is 13.0. The summed E-state index contributed by atoms with van der Waals surface area (Å²) in [5.74, 6) is 1.72. The number of nitrogens with zero attached hydrogens (tertiary/aromatic N) is 5. The van der Waals surface area contributed by atoms with Gasteiger partial charge >= 0.3 is 0 Å². The van der Waals surface area contributed by atoms with Crippen LogP contribution in [0.15, 0.2) is 35.2 Å². The van der Waals surface area contributed by atoms with Crippen molar-refractivity contribution in [3.8, 4) is 0 Å². The lowest BCUT2D eigenvalue weighted by Crippen LogP contribution is -2.49. The molecule has 2 fully saturated rings. The Kier molecular flexibility index (Phi) is 5.94. The molecule has 7 nitrogen and oxygen atoms in total. The Labute approximate surface area is 177 Å². The van der Waals surface area contributed by atoms with E-state index in [1.165, 1.54) is 29.6 Å². The second-order valence-corrected chi connectivity index (χ2v) is 9.94. The second kappa shape index (κ2) is 8.45. The summed E-state index contributed by atoms with van der Waals surface area (Å²) in [7, 11) is -3.56. The minimum Gasteiger partial charge on any atom is -0.355 e. The molecule has 4 rings (SSSR count). The Morgan fingerprint density at radius 1 is 0.828 bits per heavy atom. The number of halogens is 1. The van der Waals surface area contributed by atoms with Gasteiger partial charge in [0.15, 0.2) is 11.6 Å². The highest BCUT2D eigenvalue weighted by atomic mass is 35.5. The van der Waals surface area contributed by atoms with E-state index in [4.69, 9.17) is 11.6 Å². The molecule has 29 heavy (non-hydrogen) atoms. The third kappa shape index (κ3) is 4.34. The highest BCUT2D eigenvalue weighted by Gasteiger charge is 2.30. The smallest absolute Gasteiger partial charge is 0.243 e. The molecule has 0 aliphatic carbocycles. The first-order valence-electron chi connectivity index (χ1n) is 10.0. The van der Waals surface area contributed by atoms with E-state index in [9.17, 15) is 8.42 Å². The minimum atomic E-state index is -3.56. The van der Waals surface area contributed by atoms with Gasteiger partial charge < -0.3 is 9.80 Å². The quantitative estimate of drug-likeness (QED) is 0.735. The lowest BCUT2D eigenvalue weighted by atomic mass is 10.1. The van der Waals surface area contributed by atoms with Gasteiger partial charge in [0.2, 0.25) is 10.0 Å². The highest BCUT2D eigenvalue weighted by molar-refractivity contribution is 7.89. The number of rotatable bonds is 4. The first-order chi connectivity index (χ1) is 13.9. The highest BCUT2D eigenvalue weighted by Crippen LogP contribution is 2.26. The summed E-state index contributed by atoms with van der Waals surface area (Å²) in [5.41, 5.74) is 0.705. The van der Waals surface area contributed by atoms with E-state index in [1.807, 2.05) is 12.1 Å². The standard InChI is InChI=1S/C20H26ClN5O2S/c1-16-5-6-17(21)15-18(16)29(27,28)26-13-11-25(12-14-26)20-8-7-19(22-23-20)24-9-3-2-4-10-24/h5-8,15H,2-4,9-14H2,1H3. The van der Waals surface area contributed by atoms with Crippen molar-refractivity contribution in [3.05, 3.63) is 40.9 Å². The van der Waals surface area contributed by atoms with Crippen molar-refractivity contribution in [2.45, 2.75) is 31.1 Å². The first-order valence-corrected chi connectivity index (χ1v) is 11.9. The summed E-state index contributed by atoms with van der Waals surface area (Å²) >= 11 is 6.02. The van der Waals surface area contributed by atoms with Crippen molar-refractivity contribution in [2.75, 3.05) is 49.1 Å². The normalized spacial score (nSPS) is 18.8. The molecule has 0 atom stereocenters. The molecule has 0 amide bonds. The number of benzene rings is 1. The van der Waals surface area contributed by atoms with E-state index in [0.29, 0.717) is 36.8 Å².